The van der Waals surface area contributed by atoms with Crippen LogP contribution in [0.5, 0.6) is 0 Å². The number of benzene rings is 1. The molecule has 1 aromatic carbocycles. The van der Waals surface area contributed by atoms with Crippen molar-refractivity contribution >= 4 is 15.9 Å². The highest BCUT2D eigenvalue weighted by atomic mass is 79.9. The van der Waals surface area contributed by atoms with Crippen molar-refractivity contribution in [3.8, 4) is 11.5 Å². The van der Waals surface area contributed by atoms with Crippen LogP contribution in [0.2, 0.25) is 0 Å². The zero-order chi connectivity index (χ0) is 12.4. The first-order chi connectivity index (χ1) is 8.11. The van der Waals surface area contributed by atoms with E-state index in [0.29, 0.717) is 11.7 Å². The maximum Gasteiger partial charge on any atom is 0.257 e. The summed E-state index contributed by atoms with van der Waals surface area (Å²) >= 11 is 3.42. The van der Waals surface area contributed by atoms with Gasteiger partial charge in [-0.1, -0.05) is 21.1 Å². The van der Waals surface area contributed by atoms with Gasteiger partial charge in [-0.25, -0.2) is 0 Å². The van der Waals surface area contributed by atoms with Gasteiger partial charge in [0.05, 0.1) is 12.6 Å². The fourth-order valence-electron chi connectivity index (χ4n) is 1.36. The van der Waals surface area contributed by atoms with Crippen LogP contribution in [-0.2, 0) is 0 Å². The fraction of sp³-hybridized carbons (Fsp3) is 0.273. The second-order valence-corrected chi connectivity index (χ2v) is 4.57. The van der Waals surface area contributed by atoms with Crippen molar-refractivity contribution in [1.29, 1.82) is 0 Å². The highest BCUT2D eigenvalue weighted by Gasteiger charge is 2.14. The molecule has 5 nitrogen and oxygen atoms in total. The first kappa shape index (κ1) is 12.2. The number of aliphatic hydroxyl groups excluding tert-OH is 1. The molecule has 0 saturated carbocycles. The van der Waals surface area contributed by atoms with Crippen LogP contribution in [0.3, 0.4) is 0 Å². The monoisotopic (exact) mass is 297 g/mol. The number of halogens is 1. The Bertz CT molecular complexity index is 527. The lowest BCUT2D eigenvalue weighted by Crippen LogP contribution is -2.15. The fourth-order valence-corrected chi connectivity index (χ4v) is 1.61. The van der Waals surface area contributed by atoms with Gasteiger partial charge in [0.15, 0.2) is 5.82 Å². The number of aromatic nitrogens is 2. The molecule has 1 aromatic heterocycles. The lowest BCUT2D eigenvalue weighted by Gasteiger charge is -2.00. The Morgan fingerprint density at radius 1 is 1.53 bits per heavy atom. The van der Waals surface area contributed by atoms with Crippen LogP contribution < -0.4 is 5.73 Å². The van der Waals surface area contributed by atoms with E-state index >= 15 is 0 Å². The Morgan fingerprint density at radius 2 is 2.29 bits per heavy atom. The molecule has 0 bridgehead atoms. The molecule has 0 saturated heterocycles. The van der Waals surface area contributed by atoms with Crippen molar-refractivity contribution in [2.45, 2.75) is 13.0 Å². The molecule has 0 aliphatic heterocycles. The summed E-state index contributed by atoms with van der Waals surface area (Å²) in [7, 11) is 0. The number of nitrogens with two attached hydrogens (primary N) is 1. The van der Waals surface area contributed by atoms with E-state index < -0.39 is 6.04 Å². The van der Waals surface area contributed by atoms with Crippen LogP contribution in [0.1, 0.15) is 17.4 Å². The summed E-state index contributed by atoms with van der Waals surface area (Å²) in [5, 5.41) is 12.6. The van der Waals surface area contributed by atoms with Crippen molar-refractivity contribution in [3.63, 3.8) is 0 Å². The Kier molecular flexibility index (Phi) is 3.56. The molecule has 2 rings (SSSR count). The van der Waals surface area contributed by atoms with Gasteiger partial charge in [0, 0.05) is 10.0 Å². The average molecular weight is 298 g/mol. The molecule has 0 fully saturated rings. The maximum absolute atomic E-state index is 8.90. The number of nitrogens with zero attached hydrogens (tertiary/aromatic N) is 2. The Hall–Kier alpha value is -1.24. The average Bonchev–Trinajstić information content (AvgIpc) is 2.81. The van der Waals surface area contributed by atoms with E-state index in [9.17, 15) is 0 Å². The van der Waals surface area contributed by atoms with Gasteiger partial charge >= 0.3 is 0 Å². The van der Waals surface area contributed by atoms with Crippen molar-refractivity contribution in [2.24, 2.45) is 5.73 Å². The molecule has 1 unspecified atom stereocenters. The van der Waals surface area contributed by atoms with E-state index in [2.05, 4.69) is 26.1 Å². The van der Waals surface area contributed by atoms with E-state index in [-0.39, 0.29) is 6.61 Å². The summed E-state index contributed by atoms with van der Waals surface area (Å²) in [6.07, 6.45) is 0. The minimum atomic E-state index is -0.607. The van der Waals surface area contributed by atoms with E-state index in [1.165, 1.54) is 0 Å². The molecule has 0 aliphatic rings. The molecule has 2 aromatic rings. The van der Waals surface area contributed by atoms with Gasteiger partial charge in [-0.15, -0.1) is 0 Å². The number of hydrogen-bond acceptors (Lipinski definition) is 5. The summed E-state index contributed by atoms with van der Waals surface area (Å²) in [5.41, 5.74) is 7.50. The molecule has 0 amide bonds. The lowest BCUT2D eigenvalue weighted by atomic mass is 10.1. The van der Waals surface area contributed by atoms with Gasteiger partial charge in [-0.2, -0.15) is 4.98 Å². The molecule has 17 heavy (non-hydrogen) atoms. The summed E-state index contributed by atoms with van der Waals surface area (Å²) < 4.78 is 6.12. The minimum Gasteiger partial charge on any atom is -0.394 e. The van der Waals surface area contributed by atoms with Gasteiger partial charge in [0.2, 0.25) is 0 Å². The van der Waals surface area contributed by atoms with Crippen LogP contribution in [0.25, 0.3) is 11.5 Å². The van der Waals surface area contributed by atoms with Gasteiger partial charge in [0.25, 0.3) is 5.89 Å². The van der Waals surface area contributed by atoms with E-state index in [4.69, 9.17) is 15.4 Å². The predicted molar refractivity (Wildman–Crippen MR) is 66.2 cm³/mol. The number of hydrogen-bond donors (Lipinski definition) is 2. The quantitative estimate of drug-likeness (QED) is 0.902. The summed E-state index contributed by atoms with van der Waals surface area (Å²) in [5.74, 6) is 0.711. The third-order valence-electron chi connectivity index (χ3n) is 2.37. The Morgan fingerprint density at radius 3 is 2.94 bits per heavy atom. The lowest BCUT2D eigenvalue weighted by molar-refractivity contribution is 0.260. The molecule has 1 atom stereocenters. The third kappa shape index (κ3) is 2.54. The molecule has 3 N–H and O–H groups in total. The number of rotatable bonds is 3. The van der Waals surface area contributed by atoms with Gasteiger partial charge in [-0.05, 0) is 30.7 Å². The van der Waals surface area contributed by atoms with Gasteiger partial charge in [0.1, 0.15) is 0 Å². The first-order valence-corrected chi connectivity index (χ1v) is 5.87. The standard InChI is InChI=1S/C11H12BrN3O2/c1-6-4-7(2-3-8(6)12)11-14-10(15-17-11)9(13)5-16/h2-4,9,16H,5,13H2,1H3. The van der Waals surface area contributed by atoms with Crippen LogP contribution in [0.15, 0.2) is 27.2 Å². The highest BCUT2D eigenvalue weighted by Crippen LogP contribution is 2.24. The predicted octanol–water partition coefficient (Wildman–Crippen LogP) is 1.80. The van der Waals surface area contributed by atoms with Crippen LogP contribution in [0, 0.1) is 6.92 Å². The summed E-state index contributed by atoms with van der Waals surface area (Å²) in [6, 6.07) is 5.12. The molecule has 0 spiro atoms. The largest absolute Gasteiger partial charge is 0.394 e. The number of aliphatic hydroxyl groups is 1. The maximum atomic E-state index is 8.90. The highest BCUT2D eigenvalue weighted by molar-refractivity contribution is 9.10. The third-order valence-corrected chi connectivity index (χ3v) is 3.26. The molecular weight excluding hydrogens is 286 g/mol. The molecule has 1 heterocycles. The van der Waals surface area contributed by atoms with Crippen LogP contribution in [-0.4, -0.2) is 21.9 Å². The van der Waals surface area contributed by atoms with Crippen LogP contribution in [0.4, 0.5) is 0 Å². The minimum absolute atomic E-state index is 0.210. The Labute approximate surface area is 107 Å². The summed E-state index contributed by atoms with van der Waals surface area (Å²) in [4.78, 5) is 4.14. The van der Waals surface area contributed by atoms with Gasteiger partial charge < -0.3 is 15.4 Å². The van der Waals surface area contributed by atoms with Crippen molar-refractivity contribution < 1.29 is 9.63 Å². The second kappa shape index (κ2) is 4.95. The molecule has 90 valence electrons. The smallest absolute Gasteiger partial charge is 0.257 e. The topological polar surface area (TPSA) is 85.2 Å². The molecule has 6 heteroatoms. The molecule has 0 radical (unpaired) electrons. The van der Waals surface area contributed by atoms with Crippen molar-refractivity contribution in [1.82, 2.24) is 10.1 Å². The van der Waals surface area contributed by atoms with Gasteiger partial charge in [-0.3, -0.25) is 0 Å². The van der Waals surface area contributed by atoms with E-state index in [1.54, 1.807) is 0 Å². The van der Waals surface area contributed by atoms with E-state index in [1.807, 2.05) is 25.1 Å². The van der Waals surface area contributed by atoms with Crippen LogP contribution >= 0.6 is 15.9 Å². The summed E-state index contributed by atoms with van der Waals surface area (Å²) in [6.45, 7) is 1.77. The van der Waals surface area contributed by atoms with Crippen molar-refractivity contribution in [3.05, 3.63) is 34.1 Å². The zero-order valence-electron chi connectivity index (χ0n) is 9.22. The SMILES string of the molecule is Cc1cc(-c2nc(C(N)CO)no2)ccc1Br. The Balaban J connectivity index is 2.33. The normalized spacial score (nSPS) is 12.7. The second-order valence-electron chi connectivity index (χ2n) is 3.71. The van der Waals surface area contributed by atoms with Crippen molar-refractivity contribution in [2.75, 3.05) is 6.61 Å². The zero-order valence-corrected chi connectivity index (χ0v) is 10.8. The first-order valence-electron chi connectivity index (χ1n) is 5.08. The molecule has 0 aliphatic carbocycles. The number of aryl methyl sites for hydroxylation is 1. The molecular formula is C11H12BrN3O2. The van der Waals surface area contributed by atoms with E-state index in [0.717, 1.165) is 15.6 Å².